The van der Waals surface area contributed by atoms with Gasteiger partial charge >= 0.3 is 6.18 Å². The highest BCUT2D eigenvalue weighted by molar-refractivity contribution is 5.55. The Morgan fingerprint density at radius 3 is 2.43 bits per heavy atom. The van der Waals surface area contributed by atoms with Gasteiger partial charge in [0.2, 0.25) is 0 Å². The first kappa shape index (κ1) is 16.0. The fourth-order valence-electron chi connectivity index (χ4n) is 2.50. The molecule has 1 fully saturated rings. The molecule has 0 N–H and O–H groups in total. The molecule has 1 saturated heterocycles. The Kier molecular flexibility index (Phi) is 5.00. The van der Waals surface area contributed by atoms with Crippen molar-refractivity contribution in [2.75, 3.05) is 33.2 Å². The number of carbonyl (C=O) groups is 1. The lowest BCUT2D eigenvalue weighted by atomic mass is 10.0. The van der Waals surface area contributed by atoms with Crippen LogP contribution in [0.5, 0.6) is 0 Å². The van der Waals surface area contributed by atoms with Crippen LogP contribution in [0.1, 0.15) is 16.7 Å². The molecule has 1 aromatic carbocycles. The summed E-state index contributed by atoms with van der Waals surface area (Å²) in [5.41, 5.74) is 0.0573. The van der Waals surface area contributed by atoms with Crippen molar-refractivity contribution in [3.05, 3.63) is 34.9 Å². The Balaban J connectivity index is 2.19. The van der Waals surface area contributed by atoms with Gasteiger partial charge in [0.25, 0.3) is 0 Å². The molecule has 0 atom stereocenters. The van der Waals surface area contributed by atoms with E-state index in [0.717, 1.165) is 32.2 Å². The van der Waals surface area contributed by atoms with E-state index in [0.29, 0.717) is 18.4 Å². The highest BCUT2D eigenvalue weighted by Crippen LogP contribution is 2.33. The number of hydrogen-bond acceptors (Lipinski definition) is 3. The van der Waals surface area contributed by atoms with Gasteiger partial charge in [-0.15, -0.1) is 0 Å². The first-order chi connectivity index (χ1) is 9.90. The van der Waals surface area contributed by atoms with E-state index < -0.39 is 11.7 Å². The highest BCUT2D eigenvalue weighted by atomic mass is 19.4. The van der Waals surface area contributed by atoms with Crippen LogP contribution in [0.2, 0.25) is 0 Å². The minimum atomic E-state index is -4.39. The van der Waals surface area contributed by atoms with E-state index in [1.165, 1.54) is 6.07 Å². The maximum atomic E-state index is 13.2. The minimum absolute atomic E-state index is 0.0118. The van der Waals surface area contributed by atoms with E-state index in [1.807, 2.05) is 11.9 Å². The molecule has 6 heteroatoms. The molecule has 1 aromatic rings. The van der Waals surface area contributed by atoms with Crippen LogP contribution in [0, 0.1) is 0 Å². The Morgan fingerprint density at radius 1 is 1.19 bits per heavy atom. The van der Waals surface area contributed by atoms with Gasteiger partial charge in [-0.25, -0.2) is 0 Å². The van der Waals surface area contributed by atoms with E-state index in [4.69, 9.17) is 0 Å². The molecule has 0 aromatic heterocycles. The lowest BCUT2D eigenvalue weighted by Crippen LogP contribution is -2.44. The van der Waals surface area contributed by atoms with Gasteiger partial charge in [0.15, 0.2) is 0 Å². The van der Waals surface area contributed by atoms with Gasteiger partial charge < -0.3 is 9.69 Å². The maximum absolute atomic E-state index is 13.2. The summed E-state index contributed by atoms with van der Waals surface area (Å²) >= 11 is 0. The van der Waals surface area contributed by atoms with E-state index in [2.05, 4.69) is 4.90 Å². The van der Waals surface area contributed by atoms with Crippen LogP contribution in [-0.2, 0) is 23.9 Å². The van der Waals surface area contributed by atoms with Crippen LogP contribution in [-0.4, -0.2) is 49.3 Å². The minimum Gasteiger partial charge on any atom is -0.304 e. The van der Waals surface area contributed by atoms with Crippen LogP contribution in [0.25, 0.3) is 0 Å². The number of alkyl halides is 3. The van der Waals surface area contributed by atoms with Gasteiger partial charge in [0, 0.05) is 39.1 Å². The average molecular weight is 300 g/mol. The number of halogens is 3. The summed E-state index contributed by atoms with van der Waals surface area (Å²) in [7, 11) is 2.01. The lowest BCUT2D eigenvalue weighted by molar-refractivity contribution is -0.138. The number of likely N-dealkylation sites (N-methyl/N-ethyl adjacent to an activating group) is 1. The second-order valence-electron chi connectivity index (χ2n) is 5.44. The molecule has 0 radical (unpaired) electrons. The van der Waals surface area contributed by atoms with Gasteiger partial charge in [-0.1, -0.05) is 12.1 Å². The summed E-state index contributed by atoms with van der Waals surface area (Å²) in [6.07, 6.45) is -3.76. The molecular formula is C15H19F3N2O. The maximum Gasteiger partial charge on any atom is 0.416 e. The molecule has 0 amide bonds. The Labute approximate surface area is 122 Å². The van der Waals surface area contributed by atoms with Gasteiger partial charge in [0.05, 0.1) is 5.56 Å². The van der Waals surface area contributed by atoms with Crippen molar-refractivity contribution in [1.82, 2.24) is 9.80 Å². The molecule has 2 rings (SSSR count). The molecule has 1 heterocycles. The molecule has 21 heavy (non-hydrogen) atoms. The average Bonchev–Trinajstić information content (AvgIpc) is 2.42. The number of hydrogen-bond donors (Lipinski definition) is 0. The third-order valence-electron chi connectivity index (χ3n) is 3.79. The molecule has 0 unspecified atom stereocenters. The van der Waals surface area contributed by atoms with Gasteiger partial charge in [-0.05, 0) is 24.2 Å². The van der Waals surface area contributed by atoms with Crippen molar-refractivity contribution in [1.29, 1.82) is 0 Å². The molecule has 0 spiro atoms. The van der Waals surface area contributed by atoms with E-state index in [9.17, 15) is 18.0 Å². The van der Waals surface area contributed by atoms with Crippen molar-refractivity contribution < 1.29 is 18.0 Å². The first-order valence-corrected chi connectivity index (χ1v) is 6.93. The summed E-state index contributed by atoms with van der Waals surface area (Å²) < 4.78 is 39.5. The molecule has 1 aliphatic rings. The number of nitrogens with zero attached hydrogens (tertiary/aromatic N) is 2. The Bertz CT molecular complexity index is 494. The molecule has 1 aliphatic heterocycles. The first-order valence-electron chi connectivity index (χ1n) is 6.93. The Hall–Kier alpha value is -1.40. The summed E-state index contributed by atoms with van der Waals surface area (Å²) in [5.74, 6) is 0. The zero-order valence-electron chi connectivity index (χ0n) is 12.0. The fraction of sp³-hybridized carbons (Fsp3) is 0.533. The van der Waals surface area contributed by atoms with Crippen molar-refractivity contribution in [2.24, 2.45) is 0 Å². The van der Waals surface area contributed by atoms with Crippen molar-refractivity contribution >= 4 is 6.29 Å². The number of rotatable bonds is 4. The SMILES string of the molecule is CN1CCN(Cc2ccc(CC=O)cc2C(F)(F)F)CC1. The second-order valence-corrected chi connectivity index (χ2v) is 5.44. The topological polar surface area (TPSA) is 23.6 Å². The van der Waals surface area contributed by atoms with E-state index >= 15 is 0 Å². The Morgan fingerprint density at radius 2 is 1.86 bits per heavy atom. The van der Waals surface area contributed by atoms with E-state index in [-0.39, 0.29) is 12.0 Å². The van der Waals surface area contributed by atoms with Gasteiger partial charge in [-0.2, -0.15) is 13.2 Å². The van der Waals surface area contributed by atoms with E-state index in [1.54, 1.807) is 6.07 Å². The number of piperazine rings is 1. The quantitative estimate of drug-likeness (QED) is 0.797. The van der Waals surface area contributed by atoms with Crippen LogP contribution < -0.4 is 0 Å². The van der Waals surface area contributed by atoms with Gasteiger partial charge in [-0.3, -0.25) is 4.90 Å². The van der Waals surface area contributed by atoms with Crippen LogP contribution >= 0.6 is 0 Å². The van der Waals surface area contributed by atoms with Crippen molar-refractivity contribution in [3.8, 4) is 0 Å². The zero-order chi connectivity index (χ0) is 15.5. The smallest absolute Gasteiger partial charge is 0.304 e. The monoisotopic (exact) mass is 300 g/mol. The van der Waals surface area contributed by atoms with Crippen LogP contribution in [0.15, 0.2) is 18.2 Å². The molecular weight excluding hydrogens is 281 g/mol. The van der Waals surface area contributed by atoms with Crippen molar-refractivity contribution in [2.45, 2.75) is 19.1 Å². The third kappa shape index (κ3) is 4.28. The molecule has 0 aliphatic carbocycles. The summed E-state index contributed by atoms with van der Waals surface area (Å²) in [6.45, 7) is 3.56. The normalized spacial score (nSPS) is 17.9. The lowest BCUT2D eigenvalue weighted by Gasteiger charge is -2.33. The summed E-state index contributed by atoms with van der Waals surface area (Å²) in [4.78, 5) is 14.7. The standard InChI is InChI=1S/C15H19F3N2O/c1-19-5-7-20(8-6-19)11-13-3-2-12(4-9-21)10-14(13)15(16,17)18/h2-3,9-10H,4-8,11H2,1H3. The zero-order valence-corrected chi connectivity index (χ0v) is 12.0. The third-order valence-corrected chi connectivity index (χ3v) is 3.79. The molecule has 116 valence electrons. The summed E-state index contributed by atoms with van der Waals surface area (Å²) in [5, 5.41) is 0. The predicted octanol–water partition coefficient (Wildman–Crippen LogP) is 2.19. The molecule has 3 nitrogen and oxygen atoms in total. The number of benzene rings is 1. The number of carbonyl (C=O) groups excluding carboxylic acids is 1. The van der Waals surface area contributed by atoms with Crippen LogP contribution in [0.3, 0.4) is 0 Å². The number of aldehydes is 1. The molecule has 0 saturated carbocycles. The van der Waals surface area contributed by atoms with Gasteiger partial charge in [0.1, 0.15) is 6.29 Å². The fourth-order valence-corrected chi connectivity index (χ4v) is 2.50. The molecule has 0 bridgehead atoms. The highest BCUT2D eigenvalue weighted by Gasteiger charge is 2.34. The second kappa shape index (κ2) is 6.58. The summed E-state index contributed by atoms with van der Waals surface area (Å²) in [6, 6.07) is 4.20. The van der Waals surface area contributed by atoms with Crippen molar-refractivity contribution in [3.63, 3.8) is 0 Å². The largest absolute Gasteiger partial charge is 0.416 e. The van der Waals surface area contributed by atoms with Crippen LogP contribution in [0.4, 0.5) is 13.2 Å². The predicted molar refractivity (Wildman–Crippen MR) is 74.0 cm³/mol.